The Morgan fingerprint density at radius 1 is 0.489 bits per heavy atom. The highest BCUT2D eigenvalue weighted by Crippen LogP contribution is 2.53. The maximum atomic E-state index is 2.50. The van der Waals surface area contributed by atoms with Crippen molar-refractivity contribution in [1.82, 2.24) is 4.57 Å². The van der Waals surface area contributed by atoms with Gasteiger partial charge < -0.3 is 4.57 Å². The average Bonchev–Trinajstić information content (AvgIpc) is 3.72. The van der Waals surface area contributed by atoms with Crippen molar-refractivity contribution in [2.45, 2.75) is 25.2 Å². The molecule has 222 valence electrons. The van der Waals surface area contributed by atoms with Gasteiger partial charge in [-0.25, -0.2) is 0 Å². The van der Waals surface area contributed by atoms with Gasteiger partial charge in [-0.2, -0.15) is 0 Å². The van der Waals surface area contributed by atoms with Crippen molar-refractivity contribution in [3.8, 4) is 39.1 Å². The fraction of sp³-hybridized carbons (Fsp3) is 0.0870. The predicted octanol–water partition coefficient (Wildman–Crippen LogP) is 11.9. The highest BCUT2D eigenvalue weighted by molar-refractivity contribution is 6.14. The zero-order valence-corrected chi connectivity index (χ0v) is 26.5. The molecule has 0 N–H and O–H groups in total. The van der Waals surface area contributed by atoms with Crippen LogP contribution in [0.1, 0.15) is 47.6 Å². The minimum atomic E-state index is -0.113. The molecule has 0 radical (unpaired) electrons. The quantitative estimate of drug-likeness (QED) is 0.190. The Balaban J connectivity index is 1.20. The maximum absolute atomic E-state index is 2.50. The standard InChI is InChI=1S/C46H33N/c1-46(2)41-20-12-11-18-34(41)37-24-25-38-40-28-31(22-26-42(40)47(45(38)44(37)46)32-15-7-4-8-16-32)30-21-23-36-39(27-30)33-17-9-10-19-35(33)43(36)29-13-5-3-6-14-29/h3-28,43H,1-2H3. The SMILES string of the molecule is CC1(C)c2ccccc2-c2ccc3c4cc(-c5ccc6c(c5)-c5ccccc5C6c5ccccc5)ccc4n(-c4ccccc4)c3c21. The van der Waals surface area contributed by atoms with Gasteiger partial charge in [0, 0.05) is 27.8 Å². The largest absolute Gasteiger partial charge is 0.309 e. The van der Waals surface area contributed by atoms with Gasteiger partial charge in [0.05, 0.1) is 11.0 Å². The van der Waals surface area contributed by atoms with Gasteiger partial charge in [-0.15, -0.1) is 0 Å². The topological polar surface area (TPSA) is 4.93 Å². The average molecular weight is 600 g/mol. The lowest BCUT2D eigenvalue weighted by Crippen LogP contribution is -2.16. The van der Waals surface area contributed by atoms with Gasteiger partial charge >= 0.3 is 0 Å². The normalized spacial score (nSPS) is 15.4. The highest BCUT2D eigenvalue weighted by atomic mass is 15.0. The summed E-state index contributed by atoms with van der Waals surface area (Å²) in [5, 5.41) is 2.60. The van der Waals surface area contributed by atoms with Gasteiger partial charge in [-0.3, -0.25) is 0 Å². The molecule has 47 heavy (non-hydrogen) atoms. The summed E-state index contributed by atoms with van der Waals surface area (Å²) in [6.45, 7) is 4.78. The second-order valence-corrected chi connectivity index (χ2v) is 13.7. The Labute approximate surface area is 275 Å². The molecule has 1 heterocycles. The zero-order chi connectivity index (χ0) is 31.3. The molecular weight excluding hydrogens is 567 g/mol. The van der Waals surface area contributed by atoms with E-state index in [2.05, 4.69) is 176 Å². The van der Waals surface area contributed by atoms with E-state index in [1.165, 1.54) is 88.7 Å². The number of hydrogen-bond donors (Lipinski definition) is 0. The van der Waals surface area contributed by atoms with Crippen LogP contribution >= 0.6 is 0 Å². The highest BCUT2D eigenvalue weighted by Gasteiger charge is 2.38. The van der Waals surface area contributed by atoms with Crippen molar-refractivity contribution in [3.05, 3.63) is 186 Å². The van der Waals surface area contributed by atoms with E-state index in [-0.39, 0.29) is 11.3 Å². The summed E-state index contributed by atoms with van der Waals surface area (Å²) in [5.41, 5.74) is 18.5. The number of aromatic nitrogens is 1. The Hall–Kier alpha value is -5.66. The van der Waals surface area contributed by atoms with E-state index in [1.54, 1.807) is 0 Å². The lowest BCUT2D eigenvalue weighted by molar-refractivity contribution is 0.664. The van der Waals surface area contributed by atoms with E-state index in [0.29, 0.717) is 0 Å². The first kappa shape index (κ1) is 26.5. The van der Waals surface area contributed by atoms with Crippen molar-refractivity contribution in [1.29, 1.82) is 0 Å². The Bertz CT molecular complexity index is 2530. The lowest BCUT2D eigenvalue weighted by atomic mass is 9.81. The van der Waals surface area contributed by atoms with Crippen molar-refractivity contribution < 1.29 is 0 Å². The minimum Gasteiger partial charge on any atom is -0.309 e. The number of nitrogens with zero attached hydrogens (tertiary/aromatic N) is 1. The summed E-state index contributed by atoms with van der Waals surface area (Å²) in [4.78, 5) is 0. The summed E-state index contributed by atoms with van der Waals surface area (Å²) in [5.74, 6) is 0.261. The molecule has 0 spiro atoms. The Kier molecular flexibility index (Phi) is 5.46. The molecule has 1 heteroatoms. The first-order valence-electron chi connectivity index (χ1n) is 16.6. The van der Waals surface area contributed by atoms with Crippen molar-refractivity contribution >= 4 is 21.8 Å². The van der Waals surface area contributed by atoms with Gasteiger partial charge in [-0.1, -0.05) is 141 Å². The second kappa shape index (κ2) is 9.67. The maximum Gasteiger partial charge on any atom is 0.0588 e. The molecular formula is C46H33N. The molecule has 10 rings (SSSR count). The van der Waals surface area contributed by atoms with E-state index in [0.717, 1.165) is 0 Å². The predicted molar refractivity (Wildman–Crippen MR) is 197 cm³/mol. The zero-order valence-electron chi connectivity index (χ0n) is 26.5. The number of fused-ring (bicyclic) bond motifs is 10. The molecule has 0 aliphatic heterocycles. The van der Waals surface area contributed by atoms with E-state index in [4.69, 9.17) is 0 Å². The van der Waals surface area contributed by atoms with E-state index < -0.39 is 0 Å². The van der Waals surface area contributed by atoms with Gasteiger partial charge in [-0.05, 0) is 91.5 Å². The third-order valence-corrected chi connectivity index (χ3v) is 10.9. The molecule has 0 saturated carbocycles. The monoisotopic (exact) mass is 599 g/mol. The molecule has 2 aliphatic carbocycles. The molecule has 8 aromatic rings. The number of rotatable bonds is 3. The third kappa shape index (κ3) is 3.66. The number of para-hydroxylation sites is 1. The molecule has 1 nitrogen and oxygen atoms in total. The summed E-state index contributed by atoms with van der Waals surface area (Å²) in [7, 11) is 0. The molecule has 1 unspecified atom stereocenters. The van der Waals surface area contributed by atoms with Crippen LogP contribution in [0.2, 0.25) is 0 Å². The molecule has 1 aromatic heterocycles. The molecule has 0 fully saturated rings. The first-order chi connectivity index (χ1) is 23.1. The third-order valence-electron chi connectivity index (χ3n) is 10.9. The van der Waals surface area contributed by atoms with Crippen LogP contribution in [0.15, 0.2) is 158 Å². The van der Waals surface area contributed by atoms with Crippen LogP contribution in [0, 0.1) is 0 Å². The Morgan fingerprint density at radius 3 is 1.98 bits per heavy atom. The molecule has 0 bridgehead atoms. The van der Waals surface area contributed by atoms with Gasteiger partial charge in [0.2, 0.25) is 0 Å². The fourth-order valence-electron chi connectivity index (χ4n) is 8.77. The smallest absolute Gasteiger partial charge is 0.0588 e. The fourth-order valence-corrected chi connectivity index (χ4v) is 8.77. The van der Waals surface area contributed by atoms with Crippen LogP contribution in [0.3, 0.4) is 0 Å². The van der Waals surface area contributed by atoms with Crippen molar-refractivity contribution in [2.75, 3.05) is 0 Å². The lowest BCUT2D eigenvalue weighted by Gasteiger charge is -2.23. The van der Waals surface area contributed by atoms with E-state index in [9.17, 15) is 0 Å². The molecule has 1 atom stereocenters. The van der Waals surface area contributed by atoms with Gasteiger partial charge in [0.15, 0.2) is 0 Å². The molecule has 7 aromatic carbocycles. The van der Waals surface area contributed by atoms with Crippen LogP contribution in [0.4, 0.5) is 0 Å². The van der Waals surface area contributed by atoms with Crippen LogP contribution in [-0.2, 0) is 5.41 Å². The van der Waals surface area contributed by atoms with Crippen molar-refractivity contribution in [3.63, 3.8) is 0 Å². The van der Waals surface area contributed by atoms with E-state index in [1.807, 2.05) is 0 Å². The Morgan fingerprint density at radius 2 is 1.15 bits per heavy atom. The van der Waals surface area contributed by atoms with Gasteiger partial charge in [0.1, 0.15) is 0 Å². The van der Waals surface area contributed by atoms with Crippen LogP contribution in [0.25, 0.3) is 60.9 Å². The minimum absolute atomic E-state index is 0.113. The van der Waals surface area contributed by atoms with Crippen LogP contribution in [0.5, 0.6) is 0 Å². The van der Waals surface area contributed by atoms with Crippen molar-refractivity contribution in [2.24, 2.45) is 0 Å². The summed E-state index contributed by atoms with van der Waals surface area (Å²) in [6.07, 6.45) is 0. The summed E-state index contributed by atoms with van der Waals surface area (Å²) in [6, 6.07) is 58.6. The molecule has 2 aliphatic rings. The summed E-state index contributed by atoms with van der Waals surface area (Å²) >= 11 is 0. The number of benzene rings is 7. The second-order valence-electron chi connectivity index (χ2n) is 13.7. The van der Waals surface area contributed by atoms with Gasteiger partial charge in [0.25, 0.3) is 0 Å². The first-order valence-corrected chi connectivity index (χ1v) is 16.6. The molecule has 0 saturated heterocycles. The molecule has 0 amide bonds. The van der Waals surface area contributed by atoms with Crippen LogP contribution in [-0.4, -0.2) is 4.57 Å². The van der Waals surface area contributed by atoms with Crippen LogP contribution < -0.4 is 0 Å². The summed E-state index contributed by atoms with van der Waals surface area (Å²) < 4.78 is 2.50. The number of hydrogen-bond acceptors (Lipinski definition) is 0. The van der Waals surface area contributed by atoms with E-state index >= 15 is 0 Å².